The van der Waals surface area contributed by atoms with Crippen molar-refractivity contribution in [1.82, 2.24) is 9.80 Å². The van der Waals surface area contributed by atoms with E-state index in [1.54, 1.807) is 12.1 Å². The third-order valence-electron chi connectivity index (χ3n) is 4.87. The van der Waals surface area contributed by atoms with E-state index >= 15 is 0 Å². The number of halogens is 1. The second-order valence-electron chi connectivity index (χ2n) is 6.82. The third-order valence-corrected chi connectivity index (χ3v) is 5.96. The van der Waals surface area contributed by atoms with Gasteiger partial charge in [0.15, 0.2) is 0 Å². The molecule has 1 aliphatic rings. The number of aryl methyl sites for hydroxylation is 1. The van der Waals surface area contributed by atoms with Crippen LogP contribution in [-0.4, -0.2) is 41.9 Å². The lowest BCUT2D eigenvalue weighted by atomic mass is 10.1. The van der Waals surface area contributed by atoms with Gasteiger partial charge in [0.1, 0.15) is 5.82 Å². The molecule has 0 saturated carbocycles. The molecule has 0 spiro atoms. The van der Waals surface area contributed by atoms with Crippen molar-refractivity contribution in [3.8, 4) is 0 Å². The van der Waals surface area contributed by atoms with Crippen LogP contribution in [0.25, 0.3) is 10.1 Å². The topological polar surface area (TPSA) is 23.6 Å². The largest absolute Gasteiger partial charge is 0.335 e. The molecule has 1 aromatic heterocycles. The summed E-state index contributed by atoms with van der Waals surface area (Å²) in [4.78, 5) is 17.7. The Kier molecular flexibility index (Phi) is 4.74. The minimum Gasteiger partial charge on any atom is -0.335 e. The average molecular weight is 368 g/mol. The molecule has 1 saturated heterocycles. The summed E-state index contributed by atoms with van der Waals surface area (Å²) in [5, 5.41) is 0.541. The zero-order valence-electron chi connectivity index (χ0n) is 14.7. The minimum atomic E-state index is -0.263. The monoisotopic (exact) mass is 368 g/mol. The van der Waals surface area contributed by atoms with Crippen LogP contribution < -0.4 is 0 Å². The van der Waals surface area contributed by atoms with Crippen LogP contribution in [0.1, 0.15) is 20.8 Å². The second kappa shape index (κ2) is 7.17. The van der Waals surface area contributed by atoms with Crippen molar-refractivity contribution in [3.05, 3.63) is 70.4 Å². The second-order valence-corrected chi connectivity index (χ2v) is 7.90. The summed E-state index contributed by atoms with van der Waals surface area (Å²) in [6, 6.07) is 15.2. The highest BCUT2D eigenvalue weighted by Gasteiger charge is 2.24. The molecule has 3 aromatic rings. The lowest BCUT2D eigenvalue weighted by Gasteiger charge is -2.34. The Labute approximate surface area is 156 Å². The zero-order chi connectivity index (χ0) is 18.1. The van der Waals surface area contributed by atoms with Crippen LogP contribution in [0.3, 0.4) is 0 Å². The molecule has 134 valence electrons. The smallest absolute Gasteiger partial charge is 0.264 e. The standard InChI is InChI=1S/C21H21FN2OS/c1-15-4-2-5-16(12-15)14-23-8-10-24(11-9-23)21(25)20-13-17-18(22)6-3-7-19(17)26-20/h2-7,12-13H,8-11,14H2,1H3. The zero-order valence-corrected chi connectivity index (χ0v) is 15.6. The molecule has 1 fully saturated rings. The first-order valence-corrected chi connectivity index (χ1v) is 9.67. The van der Waals surface area contributed by atoms with Gasteiger partial charge in [-0.3, -0.25) is 9.69 Å². The van der Waals surface area contributed by atoms with Crippen molar-refractivity contribution >= 4 is 27.3 Å². The summed E-state index contributed by atoms with van der Waals surface area (Å²) >= 11 is 1.37. The molecule has 26 heavy (non-hydrogen) atoms. The van der Waals surface area contributed by atoms with E-state index in [0.717, 1.165) is 24.3 Å². The van der Waals surface area contributed by atoms with E-state index in [-0.39, 0.29) is 11.7 Å². The number of carbonyl (C=O) groups excluding carboxylic acids is 1. The minimum absolute atomic E-state index is 0.0146. The SMILES string of the molecule is Cc1cccc(CN2CCN(C(=O)c3cc4c(F)cccc4s3)CC2)c1. The van der Waals surface area contributed by atoms with Gasteiger partial charge >= 0.3 is 0 Å². The van der Waals surface area contributed by atoms with E-state index in [4.69, 9.17) is 0 Å². The Morgan fingerprint density at radius 3 is 2.58 bits per heavy atom. The number of amides is 1. The fourth-order valence-corrected chi connectivity index (χ4v) is 4.51. The highest BCUT2D eigenvalue weighted by molar-refractivity contribution is 7.20. The molecule has 1 amide bonds. The lowest BCUT2D eigenvalue weighted by molar-refractivity contribution is 0.0633. The van der Waals surface area contributed by atoms with Gasteiger partial charge in [0, 0.05) is 42.8 Å². The first-order valence-electron chi connectivity index (χ1n) is 8.85. The summed E-state index contributed by atoms with van der Waals surface area (Å²) in [7, 11) is 0. The summed E-state index contributed by atoms with van der Waals surface area (Å²) < 4.78 is 14.7. The number of benzene rings is 2. The fraction of sp³-hybridized carbons (Fsp3) is 0.286. The van der Waals surface area contributed by atoms with Gasteiger partial charge in [-0.25, -0.2) is 4.39 Å². The Bertz CT molecular complexity index is 944. The molecule has 1 aliphatic heterocycles. The maximum absolute atomic E-state index is 13.9. The average Bonchev–Trinajstić information content (AvgIpc) is 3.08. The van der Waals surface area contributed by atoms with E-state index in [2.05, 4.69) is 36.1 Å². The molecule has 0 unspecified atom stereocenters. The van der Waals surface area contributed by atoms with Gasteiger partial charge in [-0.1, -0.05) is 35.9 Å². The molecule has 2 heterocycles. The van der Waals surface area contributed by atoms with Crippen LogP contribution in [-0.2, 0) is 6.54 Å². The highest BCUT2D eigenvalue weighted by Crippen LogP contribution is 2.28. The molecular weight excluding hydrogens is 347 g/mol. The number of piperazine rings is 1. The van der Waals surface area contributed by atoms with Gasteiger partial charge in [-0.2, -0.15) is 0 Å². The van der Waals surface area contributed by atoms with E-state index in [1.807, 2.05) is 11.0 Å². The van der Waals surface area contributed by atoms with Crippen molar-refractivity contribution in [2.24, 2.45) is 0 Å². The Balaban J connectivity index is 1.40. The molecule has 3 nitrogen and oxygen atoms in total. The number of hydrogen-bond acceptors (Lipinski definition) is 3. The van der Waals surface area contributed by atoms with Gasteiger partial charge in [0.25, 0.3) is 5.91 Å². The first-order chi connectivity index (χ1) is 12.6. The van der Waals surface area contributed by atoms with Gasteiger partial charge in [-0.15, -0.1) is 11.3 Å². The Hall–Kier alpha value is -2.24. The van der Waals surface area contributed by atoms with Crippen LogP contribution in [0, 0.1) is 12.7 Å². The quantitative estimate of drug-likeness (QED) is 0.688. The van der Waals surface area contributed by atoms with Gasteiger partial charge in [0.05, 0.1) is 4.88 Å². The maximum atomic E-state index is 13.9. The van der Waals surface area contributed by atoms with Gasteiger partial charge in [-0.05, 0) is 30.7 Å². The predicted octanol–water partition coefficient (Wildman–Crippen LogP) is 4.31. The summed E-state index contributed by atoms with van der Waals surface area (Å²) in [6.45, 7) is 6.16. The predicted molar refractivity (Wildman–Crippen MR) is 104 cm³/mol. The summed E-state index contributed by atoms with van der Waals surface area (Å²) in [5.74, 6) is -0.249. The van der Waals surface area contributed by atoms with Crippen LogP contribution in [0.15, 0.2) is 48.5 Å². The van der Waals surface area contributed by atoms with E-state index in [9.17, 15) is 9.18 Å². The van der Waals surface area contributed by atoms with Crippen molar-refractivity contribution in [3.63, 3.8) is 0 Å². The number of nitrogens with zero attached hydrogens (tertiary/aromatic N) is 2. The molecular formula is C21H21FN2OS. The third kappa shape index (κ3) is 3.50. The number of rotatable bonds is 3. The first kappa shape index (κ1) is 17.2. The van der Waals surface area contributed by atoms with Crippen molar-refractivity contribution in [2.75, 3.05) is 26.2 Å². The molecule has 0 N–H and O–H groups in total. The van der Waals surface area contributed by atoms with Gasteiger partial charge in [0.2, 0.25) is 0 Å². The molecule has 4 rings (SSSR count). The molecule has 0 bridgehead atoms. The molecule has 5 heteroatoms. The number of carbonyl (C=O) groups is 1. The fourth-order valence-electron chi connectivity index (χ4n) is 3.46. The van der Waals surface area contributed by atoms with Crippen LogP contribution in [0.5, 0.6) is 0 Å². The lowest BCUT2D eigenvalue weighted by Crippen LogP contribution is -2.48. The maximum Gasteiger partial charge on any atom is 0.264 e. The van der Waals surface area contributed by atoms with Crippen molar-refractivity contribution in [2.45, 2.75) is 13.5 Å². The Morgan fingerprint density at radius 1 is 1.08 bits per heavy atom. The van der Waals surface area contributed by atoms with E-state index in [0.29, 0.717) is 23.4 Å². The highest BCUT2D eigenvalue weighted by atomic mass is 32.1. The molecule has 2 aromatic carbocycles. The summed E-state index contributed by atoms with van der Waals surface area (Å²) in [6.07, 6.45) is 0. The molecule has 0 radical (unpaired) electrons. The van der Waals surface area contributed by atoms with E-state index in [1.165, 1.54) is 28.5 Å². The Morgan fingerprint density at radius 2 is 1.85 bits per heavy atom. The van der Waals surface area contributed by atoms with Gasteiger partial charge < -0.3 is 4.90 Å². The number of thiophene rings is 1. The van der Waals surface area contributed by atoms with Crippen LogP contribution in [0.4, 0.5) is 4.39 Å². The summed E-state index contributed by atoms with van der Waals surface area (Å²) in [5.41, 5.74) is 2.58. The van der Waals surface area contributed by atoms with Crippen molar-refractivity contribution < 1.29 is 9.18 Å². The van der Waals surface area contributed by atoms with Crippen LogP contribution >= 0.6 is 11.3 Å². The molecule has 0 atom stereocenters. The van der Waals surface area contributed by atoms with Crippen LogP contribution in [0.2, 0.25) is 0 Å². The number of hydrogen-bond donors (Lipinski definition) is 0. The van der Waals surface area contributed by atoms with Crippen molar-refractivity contribution in [1.29, 1.82) is 0 Å². The molecule has 0 aliphatic carbocycles. The normalized spacial score (nSPS) is 15.5. The number of fused-ring (bicyclic) bond motifs is 1. The van der Waals surface area contributed by atoms with E-state index < -0.39 is 0 Å².